The van der Waals surface area contributed by atoms with Crippen LogP contribution in [0.5, 0.6) is 5.75 Å². The van der Waals surface area contributed by atoms with Gasteiger partial charge in [-0.05, 0) is 88.0 Å². The van der Waals surface area contributed by atoms with E-state index in [9.17, 15) is 4.79 Å². The average Bonchev–Trinajstić information content (AvgIpc) is 3.68. The molecule has 1 aliphatic rings. The first-order valence-electron chi connectivity index (χ1n) is 13.6. The molecule has 0 radical (unpaired) electrons. The number of H-pyrrole nitrogens is 2. The van der Waals surface area contributed by atoms with Gasteiger partial charge < -0.3 is 15.0 Å². The normalized spacial score (nSPS) is 14.7. The molecule has 0 saturated carbocycles. The van der Waals surface area contributed by atoms with Gasteiger partial charge >= 0.3 is 0 Å². The predicted molar refractivity (Wildman–Crippen MR) is 153 cm³/mol. The molecule has 0 aliphatic carbocycles. The highest BCUT2D eigenvalue weighted by Crippen LogP contribution is 2.33. The summed E-state index contributed by atoms with van der Waals surface area (Å²) in [7, 11) is 1.76. The topological polar surface area (TPSA) is 110 Å². The highest BCUT2D eigenvalue weighted by molar-refractivity contribution is 5.94. The van der Waals surface area contributed by atoms with Crippen molar-refractivity contribution >= 4 is 16.8 Å². The predicted octanol–water partition coefficient (Wildman–Crippen LogP) is 5.59. The second-order valence-corrected chi connectivity index (χ2v) is 10.3. The van der Waals surface area contributed by atoms with Crippen molar-refractivity contribution in [3.63, 3.8) is 0 Å². The fourth-order valence-corrected chi connectivity index (χ4v) is 5.19. The summed E-state index contributed by atoms with van der Waals surface area (Å²) in [6, 6.07) is 17.6. The number of aromatic nitrogens is 3. The lowest BCUT2D eigenvalue weighted by Gasteiger charge is -2.33. The third kappa shape index (κ3) is 7.49. The standard InChI is InChI=1S/C20H27N3O.C11H11N3O/c1-14(12-21)10-16-5-8-23(9-6-16)13-18-17-4-7-22-20(17)15(2)11-19(18)24-3;15-11(9-4-2-1-3-5-9)12-8-10-6-7-13-14-10/h4,7,11,14,16,22H,5-6,8-10,13H2,1-3H3;1-7H,8H2,(H,12,15)(H,13,14). The number of carbonyl (C=O) groups is 1. The molecule has 1 atom stereocenters. The maximum absolute atomic E-state index is 11.6. The minimum atomic E-state index is -0.0785. The van der Waals surface area contributed by atoms with Gasteiger partial charge in [-0.1, -0.05) is 18.2 Å². The lowest BCUT2D eigenvalue weighted by molar-refractivity contribution is 0.0950. The van der Waals surface area contributed by atoms with Crippen LogP contribution in [0.2, 0.25) is 0 Å². The lowest BCUT2D eigenvalue weighted by atomic mass is 9.88. The molecular formula is C31H38N6O2. The molecule has 1 amide bonds. The van der Waals surface area contributed by atoms with Gasteiger partial charge in [0.05, 0.1) is 25.4 Å². The van der Waals surface area contributed by atoms with E-state index in [1.54, 1.807) is 25.4 Å². The van der Waals surface area contributed by atoms with E-state index >= 15 is 0 Å². The van der Waals surface area contributed by atoms with Crippen LogP contribution in [0.3, 0.4) is 0 Å². The number of aryl methyl sites for hydroxylation is 1. The number of likely N-dealkylation sites (tertiary alicyclic amines) is 1. The molecule has 2 aromatic heterocycles. The number of hydrogen-bond acceptors (Lipinski definition) is 5. The summed E-state index contributed by atoms with van der Waals surface area (Å²) in [4.78, 5) is 17.5. The number of fused-ring (bicyclic) bond motifs is 1. The van der Waals surface area contributed by atoms with Crippen LogP contribution in [0.4, 0.5) is 0 Å². The summed E-state index contributed by atoms with van der Waals surface area (Å²) in [6.07, 6.45) is 7.09. The largest absolute Gasteiger partial charge is 0.496 e. The Hall–Kier alpha value is -4.09. The number of nitriles is 1. The number of carbonyl (C=O) groups excluding carboxylic acids is 1. The van der Waals surface area contributed by atoms with Gasteiger partial charge in [0, 0.05) is 46.9 Å². The number of rotatable bonds is 8. The van der Waals surface area contributed by atoms with Crippen molar-refractivity contribution in [1.29, 1.82) is 5.26 Å². The number of amides is 1. The summed E-state index contributed by atoms with van der Waals surface area (Å²) in [5.74, 6) is 1.78. The van der Waals surface area contributed by atoms with Gasteiger partial charge in [-0.3, -0.25) is 14.8 Å². The minimum Gasteiger partial charge on any atom is -0.496 e. The molecule has 4 aromatic rings. The molecule has 1 aliphatic heterocycles. The number of nitrogens with one attached hydrogen (secondary N) is 3. The first-order valence-corrected chi connectivity index (χ1v) is 13.6. The van der Waals surface area contributed by atoms with Gasteiger partial charge in [0.25, 0.3) is 5.91 Å². The Bertz CT molecular complexity index is 1370. The van der Waals surface area contributed by atoms with Crippen LogP contribution >= 0.6 is 0 Å². The van der Waals surface area contributed by atoms with Crippen molar-refractivity contribution in [3.05, 3.63) is 83.3 Å². The Morgan fingerprint density at radius 3 is 2.67 bits per heavy atom. The molecule has 1 fully saturated rings. The molecule has 8 nitrogen and oxygen atoms in total. The highest BCUT2D eigenvalue weighted by Gasteiger charge is 2.23. The Labute approximate surface area is 230 Å². The number of hydrogen-bond donors (Lipinski definition) is 3. The van der Waals surface area contributed by atoms with Crippen molar-refractivity contribution in [1.82, 2.24) is 25.4 Å². The smallest absolute Gasteiger partial charge is 0.251 e. The Morgan fingerprint density at radius 2 is 2.00 bits per heavy atom. The van der Waals surface area contributed by atoms with Crippen LogP contribution in [0.1, 0.15) is 53.4 Å². The summed E-state index contributed by atoms with van der Waals surface area (Å²) in [5.41, 5.74) is 5.27. The van der Waals surface area contributed by atoms with E-state index < -0.39 is 0 Å². The monoisotopic (exact) mass is 526 g/mol. The molecular weight excluding hydrogens is 488 g/mol. The van der Waals surface area contributed by atoms with Gasteiger partial charge in [0.15, 0.2) is 0 Å². The third-order valence-corrected chi connectivity index (χ3v) is 7.36. The Morgan fingerprint density at radius 1 is 1.23 bits per heavy atom. The van der Waals surface area contributed by atoms with E-state index in [0.717, 1.165) is 37.5 Å². The Kier molecular flexibility index (Phi) is 9.76. The van der Waals surface area contributed by atoms with Crippen molar-refractivity contribution in [2.75, 3.05) is 20.2 Å². The Balaban J connectivity index is 0.000000202. The molecule has 1 saturated heterocycles. The number of methoxy groups -OCH3 is 1. The first kappa shape index (κ1) is 27.9. The zero-order valence-electron chi connectivity index (χ0n) is 23.0. The van der Waals surface area contributed by atoms with Gasteiger partial charge in [-0.25, -0.2) is 0 Å². The van der Waals surface area contributed by atoms with Crippen LogP contribution in [-0.2, 0) is 13.1 Å². The van der Waals surface area contributed by atoms with E-state index in [1.165, 1.54) is 34.9 Å². The van der Waals surface area contributed by atoms with Crippen molar-refractivity contribution in [2.24, 2.45) is 11.8 Å². The van der Waals surface area contributed by atoms with Gasteiger partial charge in [0.1, 0.15) is 5.75 Å². The fraction of sp³-hybridized carbons (Fsp3) is 0.387. The van der Waals surface area contributed by atoms with Crippen LogP contribution < -0.4 is 10.1 Å². The van der Waals surface area contributed by atoms with E-state index in [-0.39, 0.29) is 11.8 Å². The summed E-state index contributed by atoms with van der Waals surface area (Å²) < 4.78 is 5.66. The van der Waals surface area contributed by atoms with Gasteiger partial charge in [-0.2, -0.15) is 10.4 Å². The number of benzene rings is 2. The number of aromatic amines is 2. The molecule has 204 valence electrons. The van der Waals surface area contributed by atoms with E-state index in [1.807, 2.05) is 37.4 Å². The summed E-state index contributed by atoms with van der Waals surface area (Å²) in [6.45, 7) is 7.75. The zero-order chi connectivity index (χ0) is 27.6. The van der Waals surface area contributed by atoms with E-state index in [0.29, 0.717) is 18.0 Å². The average molecular weight is 527 g/mol. The number of piperidine rings is 1. The zero-order valence-corrected chi connectivity index (χ0v) is 23.0. The van der Waals surface area contributed by atoms with Gasteiger partial charge in [0.2, 0.25) is 0 Å². The summed E-state index contributed by atoms with van der Waals surface area (Å²) >= 11 is 0. The highest BCUT2D eigenvalue weighted by atomic mass is 16.5. The maximum Gasteiger partial charge on any atom is 0.251 e. The maximum atomic E-state index is 11.6. The molecule has 2 aromatic carbocycles. The molecule has 8 heteroatoms. The second-order valence-electron chi connectivity index (χ2n) is 10.3. The molecule has 3 heterocycles. The van der Waals surface area contributed by atoms with E-state index in [2.05, 4.69) is 50.5 Å². The molecule has 3 N–H and O–H groups in total. The van der Waals surface area contributed by atoms with Crippen LogP contribution in [-0.4, -0.2) is 46.2 Å². The molecule has 39 heavy (non-hydrogen) atoms. The number of ether oxygens (including phenoxy) is 1. The first-order chi connectivity index (χ1) is 19.0. The summed E-state index contributed by atoms with van der Waals surface area (Å²) in [5, 5.41) is 19.6. The quantitative estimate of drug-likeness (QED) is 0.277. The van der Waals surface area contributed by atoms with Crippen molar-refractivity contribution in [2.45, 2.75) is 46.2 Å². The minimum absolute atomic E-state index is 0.0785. The SMILES string of the molecule is COc1cc(C)c2[nH]ccc2c1CN1CCC(CC(C)C#N)CC1.O=C(NCc1ccn[nH]1)c1ccccc1. The van der Waals surface area contributed by atoms with Crippen LogP contribution in [0.25, 0.3) is 10.9 Å². The molecule has 0 bridgehead atoms. The molecule has 1 unspecified atom stereocenters. The lowest BCUT2D eigenvalue weighted by Crippen LogP contribution is -2.33. The van der Waals surface area contributed by atoms with Crippen LogP contribution in [0, 0.1) is 30.1 Å². The molecule has 5 rings (SSSR count). The van der Waals surface area contributed by atoms with E-state index in [4.69, 9.17) is 10.00 Å². The van der Waals surface area contributed by atoms with Crippen molar-refractivity contribution < 1.29 is 9.53 Å². The van der Waals surface area contributed by atoms with Crippen LogP contribution in [0.15, 0.2) is 60.9 Å². The molecule has 0 spiro atoms. The second kappa shape index (κ2) is 13.6. The number of nitrogens with zero attached hydrogens (tertiary/aromatic N) is 3. The van der Waals surface area contributed by atoms with Gasteiger partial charge in [-0.15, -0.1) is 0 Å². The fourth-order valence-electron chi connectivity index (χ4n) is 5.19. The third-order valence-electron chi connectivity index (χ3n) is 7.36. The van der Waals surface area contributed by atoms with Crippen molar-refractivity contribution in [3.8, 4) is 11.8 Å².